The Balaban J connectivity index is 0.666. The average molecular weight is 846 g/mol. The summed E-state index contributed by atoms with van der Waals surface area (Å²) in [6.45, 7) is 6.96. The van der Waals surface area contributed by atoms with Gasteiger partial charge in [-0.05, 0) is 114 Å². The van der Waals surface area contributed by atoms with Crippen molar-refractivity contribution in [1.82, 2.24) is 49.8 Å². The molecule has 1 atom stereocenters. The maximum Gasteiger partial charge on any atom is 0.270 e. The van der Waals surface area contributed by atoms with E-state index in [2.05, 4.69) is 45.4 Å². The van der Waals surface area contributed by atoms with Crippen LogP contribution >= 0.6 is 0 Å². The van der Waals surface area contributed by atoms with E-state index in [9.17, 15) is 28.8 Å². The summed E-state index contributed by atoms with van der Waals surface area (Å²) >= 11 is 0. The zero-order chi connectivity index (χ0) is 42.9. The minimum absolute atomic E-state index is 0.0451. The molecule has 0 radical (unpaired) electrons. The number of nitrogens with one attached hydrogen (secondary N) is 3. The van der Waals surface area contributed by atoms with Gasteiger partial charge in [-0.1, -0.05) is 6.07 Å². The molecule has 324 valence electrons. The summed E-state index contributed by atoms with van der Waals surface area (Å²) in [6.07, 6.45) is 10.3. The molecular weight excluding hydrogens is 795 g/mol. The fourth-order valence-electron chi connectivity index (χ4n) is 9.47. The number of imide groups is 2. The maximum absolute atomic E-state index is 13.2. The van der Waals surface area contributed by atoms with Gasteiger partial charge in [-0.3, -0.25) is 39.0 Å². The molecule has 18 heteroatoms. The molecule has 4 aliphatic heterocycles. The first-order valence-corrected chi connectivity index (χ1v) is 21.7. The second kappa shape index (κ2) is 17.6. The Bertz CT molecular complexity index is 2400. The Hall–Kier alpha value is -6.30. The van der Waals surface area contributed by atoms with Crippen LogP contribution in [0.4, 0.5) is 5.82 Å². The monoisotopic (exact) mass is 845 g/mol. The van der Waals surface area contributed by atoms with Gasteiger partial charge in [0.05, 0.1) is 17.5 Å². The molecule has 1 aliphatic carbocycles. The highest BCUT2D eigenvalue weighted by molar-refractivity contribution is 6.23. The molecule has 4 fully saturated rings. The lowest BCUT2D eigenvalue weighted by atomic mass is 9.86. The highest BCUT2D eigenvalue weighted by Gasteiger charge is 2.45. The number of likely N-dealkylation sites (tertiary alicyclic amines) is 2. The van der Waals surface area contributed by atoms with Crippen LogP contribution in [-0.4, -0.2) is 133 Å². The molecule has 0 unspecified atom stereocenters. The summed E-state index contributed by atoms with van der Waals surface area (Å²) in [7, 11) is 0. The van der Waals surface area contributed by atoms with Crippen molar-refractivity contribution < 1.29 is 33.5 Å². The number of piperidine rings is 3. The molecule has 1 aromatic carbocycles. The highest BCUT2D eigenvalue weighted by atomic mass is 16.5. The van der Waals surface area contributed by atoms with Crippen molar-refractivity contribution in [2.45, 2.75) is 82.8 Å². The summed E-state index contributed by atoms with van der Waals surface area (Å²) in [4.78, 5) is 99.2. The molecule has 9 rings (SSSR count). The van der Waals surface area contributed by atoms with E-state index >= 15 is 0 Å². The average Bonchev–Trinajstić information content (AvgIpc) is 3.79. The third-order valence-electron chi connectivity index (χ3n) is 13.1. The fraction of sp³-hybridized carbons (Fsp3) is 0.500. The number of fused-ring (bicyclic) bond motifs is 2. The smallest absolute Gasteiger partial charge is 0.270 e. The largest absolute Gasteiger partial charge is 0.484 e. The second-order valence-corrected chi connectivity index (χ2v) is 17.2. The number of nitrogens with zero attached hydrogens (tertiary/aromatic N) is 8. The molecule has 18 nitrogen and oxygen atoms in total. The number of amides is 6. The Morgan fingerprint density at radius 2 is 1.66 bits per heavy atom. The van der Waals surface area contributed by atoms with Crippen LogP contribution in [0.25, 0.3) is 11.2 Å². The fourth-order valence-corrected chi connectivity index (χ4v) is 9.47. The third kappa shape index (κ3) is 8.60. The lowest BCUT2D eigenvalue weighted by Crippen LogP contribution is -2.54. The van der Waals surface area contributed by atoms with Crippen LogP contribution in [0.1, 0.15) is 101 Å². The molecule has 6 amide bonds. The van der Waals surface area contributed by atoms with Crippen molar-refractivity contribution in [3.8, 4) is 5.75 Å². The first-order valence-electron chi connectivity index (χ1n) is 21.7. The zero-order valence-electron chi connectivity index (χ0n) is 34.8. The summed E-state index contributed by atoms with van der Waals surface area (Å²) in [5.74, 6) is -0.407. The highest BCUT2D eigenvalue weighted by Crippen LogP contribution is 2.35. The van der Waals surface area contributed by atoms with Crippen LogP contribution in [0, 0.1) is 18.8 Å². The van der Waals surface area contributed by atoms with E-state index in [1.807, 2.05) is 30.3 Å². The Morgan fingerprint density at radius 3 is 2.44 bits per heavy atom. The van der Waals surface area contributed by atoms with Crippen LogP contribution in [0.2, 0.25) is 0 Å². The van der Waals surface area contributed by atoms with E-state index in [0.717, 1.165) is 98.7 Å². The first kappa shape index (κ1) is 41.1. The van der Waals surface area contributed by atoms with Gasteiger partial charge in [0, 0.05) is 50.4 Å². The number of hydrogen-bond donors (Lipinski definition) is 3. The van der Waals surface area contributed by atoms with Crippen molar-refractivity contribution in [2.24, 2.45) is 11.8 Å². The minimum Gasteiger partial charge on any atom is -0.484 e. The van der Waals surface area contributed by atoms with Crippen molar-refractivity contribution in [2.75, 3.05) is 51.2 Å². The molecule has 3 aromatic heterocycles. The summed E-state index contributed by atoms with van der Waals surface area (Å²) < 4.78 is 7.88. The number of hydrogen-bond acceptors (Lipinski definition) is 13. The van der Waals surface area contributed by atoms with Gasteiger partial charge in [0.25, 0.3) is 23.6 Å². The Morgan fingerprint density at radius 1 is 0.887 bits per heavy atom. The summed E-state index contributed by atoms with van der Waals surface area (Å²) in [5, 5.41) is 8.81. The normalized spacial score (nSPS) is 22.4. The molecular formula is C44H51N11O7. The van der Waals surface area contributed by atoms with Crippen molar-refractivity contribution in [3.05, 3.63) is 71.6 Å². The van der Waals surface area contributed by atoms with Gasteiger partial charge < -0.3 is 29.7 Å². The molecule has 3 saturated heterocycles. The predicted octanol–water partition coefficient (Wildman–Crippen LogP) is 2.90. The van der Waals surface area contributed by atoms with Gasteiger partial charge in [0.1, 0.15) is 29.3 Å². The molecule has 1 saturated carbocycles. The third-order valence-corrected chi connectivity index (χ3v) is 13.1. The van der Waals surface area contributed by atoms with Gasteiger partial charge in [0.2, 0.25) is 11.8 Å². The molecule has 3 N–H and O–H groups in total. The van der Waals surface area contributed by atoms with Gasteiger partial charge in [-0.25, -0.2) is 19.9 Å². The van der Waals surface area contributed by atoms with Crippen LogP contribution < -0.4 is 20.7 Å². The van der Waals surface area contributed by atoms with E-state index in [1.165, 1.54) is 12.1 Å². The quantitative estimate of drug-likeness (QED) is 0.165. The zero-order valence-corrected chi connectivity index (χ0v) is 34.8. The van der Waals surface area contributed by atoms with Crippen molar-refractivity contribution >= 4 is 52.4 Å². The standard InChI is InChI=1S/C44H51N11O7/c1-26-3-2-4-34(49-26)41(58)50-29-19-30(20-29)54-25-48-38-39(46-24-47-40(38)54)45-14-9-27-10-15-52(16-11-27)22-28-12-17-53(18-13-28)37(57)23-62-31-5-6-32-33(21-31)44(61)55(43(32)60)35-7-8-36(56)51-42(35)59/h2-6,21,24-25,27-30,35H,7-20,22-23H2,1H3,(H,50,58)(H,45,46,47)(H,51,56,59)/t29?,30?,35-/m0/s1. The number of ether oxygens (including phenoxy) is 1. The van der Waals surface area contributed by atoms with E-state index in [-0.39, 0.29) is 60.2 Å². The SMILES string of the molecule is Cc1cccc(C(=O)NC2CC(n3cnc4c(NCCC5CCN(CC6CCN(C(=O)COc7ccc8c(c7)C(=O)N([C@H]7CCC(=O)NC7=O)C8=O)CC6)CC5)ncnc43)C2)n1. The number of carbonyl (C=O) groups excluding carboxylic acids is 6. The number of imidazole rings is 1. The number of aryl methyl sites for hydroxylation is 1. The number of benzene rings is 1. The maximum atomic E-state index is 13.2. The van der Waals surface area contributed by atoms with Crippen LogP contribution in [0.15, 0.2) is 49.1 Å². The molecule has 7 heterocycles. The minimum atomic E-state index is -1.04. The molecule has 0 spiro atoms. The van der Waals surface area contributed by atoms with E-state index in [0.29, 0.717) is 30.6 Å². The molecule has 4 aromatic rings. The van der Waals surface area contributed by atoms with Gasteiger partial charge in [0.15, 0.2) is 18.1 Å². The Labute approximate surface area is 358 Å². The summed E-state index contributed by atoms with van der Waals surface area (Å²) in [6, 6.07) is 9.15. The number of rotatable bonds is 13. The number of carbonyl (C=O) groups is 6. The predicted molar refractivity (Wildman–Crippen MR) is 224 cm³/mol. The lowest BCUT2D eigenvalue weighted by molar-refractivity contribution is -0.136. The van der Waals surface area contributed by atoms with E-state index < -0.39 is 29.7 Å². The van der Waals surface area contributed by atoms with Crippen LogP contribution in [0.5, 0.6) is 5.75 Å². The molecule has 62 heavy (non-hydrogen) atoms. The van der Waals surface area contributed by atoms with E-state index in [1.54, 1.807) is 18.5 Å². The number of anilines is 1. The number of pyridine rings is 1. The lowest BCUT2D eigenvalue weighted by Gasteiger charge is -2.37. The van der Waals surface area contributed by atoms with Crippen molar-refractivity contribution in [3.63, 3.8) is 0 Å². The Kier molecular flexibility index (Phi) is 11.7. The number of aromatic nitrogens is 5. The van der Waals surface area contributed by atoms with Gasteiger partial charge >= 0.3 is 0 Å². The van der Waals surface area contributed by atoms with Crippen LogP contribution in [0.3, 0.4) is 0 Å². The van der Waals surface area contributed by atoms with Gasteiger partial charge in [-0.2, -0.15) is 0 Å². The van der Waals surface area contributed by atoms with Crippen molar-refractivity contribution in [1.29, 1.82) is 0 Å². The topological polar surface area (TPSA) is 214 Å². The summed E-state index contributed by atoms with van der Waals surface area (Å²) in [5.41, 5.74) is 3.08. The van der Waals surface area contributed by atoms with E-state index in [4.69, 9.17) is 4.74 Å². The molecule has 5 aliphatic rings. The van der Waals surface area contributed by atoms with Crippen LogP contribution in [-0.2, 0) is 14.4 Å². The first-order chi connectivity index (χ1) is 30.1. The van der Waals surface area contributed by atoms with Gasteiger partial charge in [-0.15, -0.1) is 0 Å². The second-order valence-electron chi connectivity index (χ2n) is 17.2. The molecule has 0 bridgehead atoms.